The van der Waals surface area contributed by atoms with Crippen molar-refractivity contribution in [2.75, 3.05) is 0 Å². The first-order chi connectivity index (χ1) is 12.9. The first-order valence-electron chi connectivity index (χ1n) is 8.40. The normalized spacial score (nSPS) is 11.7. The molecule has 0 amide bonds. The molecule has 2 aromatic carbocycles. The standard InChI is InChI=1S/C21H16F3N3/c1-14-19(15-7-3-2-4-8-15)26-20(25-14)16-11-12-27(13-16)18-10-6-5-9-17(18)21(22,23)24/h2-13H,1H3,(H,25,26). The average Bonchev–Trinajstić information content (AvgIpc) is 3.28. The number of para-hydroxylation sites is 1. The molecule has 136 valence electrons. The van der Waals surface area contributed by atoms with E-state index in [-0.39, 0.29) is 5.69 Å². The predicted octanol–water partition coefficient (Wildman–Crippen LogP) is 5.86. The largest absolute Gasteiger partial charge is 0.418 e. The molecular formula is C21H16F3N3. The van der Waals surface area contributed by atoms with Crippen LogP contribution in [0.3, 0.4) is 0 Å². The fourth-order valence-corrected chi connectivity index (χ4v) is 3.10. The van der Waals surface area contributed by atoms with E-state index in [1.807, 2.05) is 37.3 Å². The molecule has 0 aliphatic carbocycles. The Bertz CT molecular complexity index is 1080. The van der Waals surface area contributed by atoms with Crippen molar-refractivity contribution >= 4 is 0 Å². The van der Waals surface area contributed by atoms with Gasteiger partial charge in [-0.05, 0) is 25.1 Å². The molecule has 0 unspecified atom stereocenters. The molecule has 0 fully saturated rings. The fraction of sp³-hybridized carbons (Fsp3) is 0.0952. The lowest BCUT2D eigenvalue weighted by atomic mass is 10.1. The number of nitrogens with one attached hydrogen (secondary N) is 1. The van der Waals surface area contributed by atoms with Gasteiger partial charge in [0.25, 0.3) is 0 Å². The maximum absolute atomic E-state index is 13.3. The van der Waals surface area contributed by atoms with Crippen LogP contribution < -0.4 is 0 Å². The highest BCUT2D eigenvalue weighted by Crippen LogP contribution is 2.34. The van der Waals surface area contributed by atoms with E-state index < -0.39 is 11.7 Å². The summed E-state index contributed by atoms with van der Waals surface area (Å²) in [5, 5.41) is 0. The van der Waals surface area contributed by atoms with E-state index in [9.17, 15) is 13.2 Å². The van der Waals surface area contributed by atoms with Gasteiger partial charge in [-0.15, -0.1) is 0 Å². The van der Waals surface area contributed by atoms with Crippen molar-refractivity contribution in [1.29, 1.82) is 0 Å². The Hall–Kier alpha value is -3.28. The van der Waals surface area contributed by atoms with Gasteiger partial charge in [0.15, 0.2) is 0 Å². The molecule has 0 spiro atoms. The molecule has 0 aliphatic rings. The summed E-state index contributed by atoms with van der Waals surface area (Å²) < 4.78 is 41.3. The number of aromatic nitrogens is 3. The number of imidazole rings is 1. The number of aromatic amines is 1. The number of hydrogen-bond acceptors (Lipinski definition) is 1. The lowest BCUT2D eigenvalue weighted by molar-refractivity contribution is -0.137. The average molecular weight is 367 g/mol. The number of hydrogen-bond donors (Lipinski definition) is 1. The zero-order chi connectivity index (χ0) is 19.0. The topological polar surface area (TPSA) is 33.6 Å². The Balaban J connectivity index is 1.73. The Morgan fingerprint density at radius 2 is 1.59 bits per heavy atom. The summed E-state index contributed by atoms with van der Waals surface area (Å²) in [5.41, 5.74) is 2.85. The predicted molar refractivity (Wildman–Crippen MR) is 98.5 cm³/mol. The molecule has 4 rings (SSSR count). The third-order valence-corrected chi connectivity index (χ3v) is 4.39. The van der Waals surface area contributed by atoms with Crippen molar-refractivity contribution in [1.82, 2.24) is 14.5 Å². The second-order valence-electron chi connectivity index (χ2n) is 6.25. The Labute approximate surface area is 154 Å². The summed E-state index contributed by atoms with van der Waals surface area (Å²) in [6.45, 7) is 1.93. The van der Waals surface area contributed by atoms with Crippen LogP contribution in [0.4, 0.5) is 13.2 Å². The monoisotopic (exact) mass is 367 g/mol. The number of halogens is 3. The third kappa shape index (κ3) is 3.26. The van der Waals surface area contributed by atoms with Gasteiger partial charge < -0.3 is 9.55 Å². The zero-order valence-electron chi connectivity index (χ0n) is 14.5. The number of rotatable bonds is 3. The molecule has 2 aromatic heterocycles. The van der Waals surface area contributed by atoms with Gasteiger partial charge in [0.1, 0.15) is 5.82 Å². The summed E-state index contributed by atoms with van der Waals surface area (Å²) >= 11 is 0. The third-order valence-electron chi connectivity index (χ3n) is 4.39. The van der Waals surface area contributed by atoms with Gasteiger partial charge in [-0.2, -0.15) is 13.2 Å². The van der Waals surface area contributed by atoms with Crippen molar-refractivity contribution in [3.63, 3.8) is 0 Å². The summed E-state index contributed by atoms with van der Waals surface area (Å²) in [5.74, 6) is 0.620. The molecule has 27 heavy (non-hydrogen) atoms. The molecule has 0 saturated heterocycles. The highest BCUT2D eigenvalue weighted by atomic mass is 19.4. The Morgan fingerprint density at radius 3 is 2.33 bits per heavy atom. The lowest BCUT2D eigenvalue weighted by Gasteiger charge is -2.13. The van der Waals surface area contributed by atoms with Gasteiger partial charge in [-0.25, -0.2) is 4.98 Å². The summed E-state index contributed by atoms with van der Waals surface area (Å²) in [6, 6.07) is 17.0. The van der Waals surface area contributed by atoms with Gasteiger partial charge >= 0.3 is 6.18 Å². The summed E-state index contributed by atoms with van der Waals surface area (Å²) in [4.78, 5) is 7.86. The van der Waals surface area contributed by atoms with Gasteiger partial charge in [0.2, 0.25) is 0 Å². The van der Waals surface area contributed by atoms with Gasteiger partial charge in [0, 0.05) is 29.2 Å². The number of benzene rings is 2. The van der Waals surface area contributed by atoms with Crippen LogP contribution in [0, 0.1) is 6.92 Å². The number of aryl methyl sites for hydroxylation is 1. The van der Waals surface area contributed by atoms with Crippen LogP contribution in [0.15, 0.2) is 73.1 Å². The summed E-state index contributed by atoms with van der Waals surface area (Å²) in [7, 11) is 0. The number of nitrogens with zero attached hydrogens (tertiary/aromatic N) is 2. The molecule has 0 radical (unpaired) electrons. The second kappa shape index (κ2) is 6.46. The van der Waals surface area contributed by atoms with Crippen molar-refractivity contribution in [2.45, 2.75) is 13.1 Å². The molecule has 1 N–H and O–H groups in total. The Kier molecular flexibility index (Phi) is 4.11. The molecule has 6 heteroatoms. The summed E-state index contributed by atoms with van der Waals surface area (Å²) in [6.07, 6.45) is -1.15. The van der Waals surface area contributed by atoms with E-state index in [2.05, 4.69) is 9.97 Å². The maximum Gasteiger partial charge on any atom is 0.418 e. The Morgan fingerprint density at radius 1 is 0.889 bits per heavy atom. The van der Waals surface area contributed by atoms with Crippen molar-refractivity contribution in [2.24, 2.45) is 0 Å². The molecule has 3 nitrogen and oxygen atoms in total. The van der Waals surface area contributed by atoms with E-state index >= 15 is 0 Å². The molecule has 0 saturated carbocycles. The van der Waals surface area contributed by atoms with Gasteiger partial charge in [-0.1, -0.05) is 42.5 Å². The van der Waals surface area contributed by atoms with Crippen LogP contribution in [0.25, 0.3) is 28.3 Å². The van der Waals surface area contributed by atoms with E-state index in [4.69, 9.17) is 0 Å². The van der Waals surface area contributed by atoms with Crippen LogP contribution in [0.1, 0.15) is 11.3 Å². The quantitative estimate of drug-likeness (QED) is 0.483. The number of alkyl halides is 3. The SMILES string of the molecule is Cc1[nH]c(-c2ccn(-c3ccccc3C(F)(F)F)c2)nc1-c1ccccc1. The maximum atomic E-state index is 13.3. The molecule has 4 aromatic rings. The highest BCUT2D eigenvalue weighted by Gasteiger charge is 2.33. The van der Waals surface area contributed by atoms with Crippen molar-refractivity contribution < 1.29 is 13.2 Å². The number of H-pyrrole nitrogens is 1. The van der Waals surface area contributed by atoms with Gasteiger partial charge in [0.05, 0.1) is 16.9 Å². The van der Waals surface area contributed by atoms with E-state index in [1.54, 1.807) is 24.5 Å². The van der Waals surface area contributed by atoms with Crippen LogP contribution in [0.5, 0.6) is 0 Å². The van der Waals surface area contributed by atoms with E-state index in [1.165, 1.54) is 16.7 Å². The van der Waals surface area contributed by atoms with Gasteiger partial charge in [-0.3, -0.25) is 0 Å². The van der Waals surface area contributed by atoms with Crippen molar-refractivity contribution in [3.05, 3.63) is 84.3 Å². The van der Waals surface area contributed by atoms with E-state index in [0.29, 0.717) is 5.82 Å². The second-order valence-corrected chi connectivity index (χ2v) is 6.25. The lowest BCUT2D eigenvalue weighted by Crippen LogP contribution is -2.09. The first-order valence-corrected chi connectivity index (χ1v) is 8.40. The van der Waals surface area contributed by atoms with Crippen LogP contribution in [0.2, 0.25) is 0 Å². The van der Waals surface area contributed by atoms with E-state index in [0.717, 1.165) is 28.6 Å². The zero-order valence-corrected chi connectivity index (χ0v) is 14.5. The molecule has 0 bridgehead atoms. The minimum absolute atomic E-state index is 0.0859. The van der Waals surface area contributed by atoms with Crippen LogP contribution in [-0.4, -0.2) is 14.5 Å². The smallest absolute Gasteiger partial charge is 0.341 e. The van der Waals surface area contributed by atoms with Crippen LogP contribution in [-0.2, 0) is 6.18 Å². The molecule has 0 aliphatic heterocycles. The molecular weight excluding hydrogens is 351 g/mol. The van der Waals surface area contributed by atoms with Crippen LogP contribution >= 0.6 is 0 Å². The molecule has 0 atom stereocenters. The van der Waals surface area contributed by atoms with Crippen molar-refractivity contribution in [3.8, 4) is 28.3 Å². The minimum atomic E-state index is -4.41. The fourth-order valence-electron chi connectivity index (χ4n) is 3.10. The molecule has 2 heterocycles. The highest BCUT2D eigenvalue weighted by molar-refractivity contribution is 5.67. The minimum Gasteiger partial charge on any atom is -0.341 e. The first kappa shape index (κ1) is 17.1.